The lowest BCUT2D eigenvalue weighted by Gasteiger charge is -2.10. The molecule has 1 heterocycles. The van der Waals surface area contributed by atoms with Crippen LogP contribution in [0.4, 0.5) is 23.4 Å². The Morgan fingerprint density at radius 2 is 1.86 bits per heavy atom. The highest BCUT2D eigenvalue weighted by Crippen LogP contribution is 2.34. The first-order valence-electron chi connectivity index (χ1n) is 5.21. The van der Waals surface area contributed by atoms with Crippen molar-refractivity contribution in [3.05, 3.63) is 39.3 Å². The van der Waals surface area contributed by atoms with Gasteiger partial charge in [0.2, 0.25) is 11.7 Å². The fraction of sp³-hybridized carbons (Fsp3) is 0.0909. The molecule has 0 amide bonds. The van der Waals surface area contributed by atoms with E-state index in [9.17, 15) is 17.6 Å². The predicted molar refractivity (Wildman–Crippen MR) is 70.6 cm³/mol. The molecule has 0 unspecified atom stereocenters. The fourth-order valence-corrected chi connectivity index (χ4v) is 2.04. The highest BCUT2D eigenvalue weighted by Gasteiger charge is 2.35. The minimum absolute atomic E-state index is 0.108. The van der Waals surface area contributed by atoms with Crippen LogP contribution in [0.2, 0.25) is 5.02 Å². The first-order chi connectivity index (χ1) is 9.66. The summed E-state index contributed by atoms with van der Waals surface area (Å²) < 4.78 is 56.3. The lowest BCUT2D eigenvalue weighted by molar-refractivity contribution is -0.145. The molecule has 1 aromatic carbocycles. The lowest BCUT2D eigenvalue weighted by atomic mass is 10.3. The maximum absolute atomic E-state index is 13.3. The number of ether oxygens (including phenoxy) is 1. The summed E-state index contributed by atoms with van der Waals surface area (Å²) in [5.41, 5.74) is 5.26. The van der Waals surface area contributed by atoms with E-state index < -0.39 is 29.5 Å². The molecule has 4 nitrogen and oxygen atoms in total. The second-order valence-electron chi connectivity index (χ2n) is 3.75. The van der Waals surface area contributed by atoms with Gasteiger partial charge in [-0.2, -0.15) is 18.2 Å². The molecule has 0 saturated heterocycles. The SMILES string of the molecule is Nc1cc(Oc2cc(F)c(Cl)cc2Br)nc(C(F)(F)F)n1. The number of nitrogens with zero attached hydrogens (tertiary/aromatic N) is 2. The van der Waals surface area contributed by atoms with E-state index in [4.69, 9.17) is 22.1 Å². The lowest BCUT2D eigenvalue weighted by Crippen LogP contribution is -2.12. The van der Waals surface area contributed by atoms with E-state index in [1.54, 1.807) is 0 Å². The maximum Gasteiger partial charge on any atom is 0.451 e. The minimum atomic E-state index is -4.78. The topological polar surface area (TPSA) is 61.0 Å². The average Bonchev–Trinajstić information content (AvgIpc) is 2.34. The number of hydrogen-bond acceptors (Lipinski definition) is 4. The first-order valence-corrected chi connectivity index (χ1v) is 6.38. The van der Waals surface area contributed by atoms with Crippen molar-refractivity contribution in [2.45, 2.75) is 6.18 Å². The number of nitrogen functional groups attached to an aromatic ring is 1. The van der Waals surface area contributed by atoms with Gasteiger partial charge < -0.3 is 10.5 Å². The Kier molecular flexibility index (Phi) is 4.24. The van der Waals surface area contributed by atoms with Crippen molar-refractivity contribution in [3.63, 3.8) is 0 Å². The molecule has 10 heteroatoms. The Balaban J connectivity index is 2.40. The van der Waals surface area contributed by atoms with E-state index in [0.29, 0.717) is 0 Å². The quantitative estimate of drug-likeness (QED) is 0.613. The van der Waals surface area contributed by atoms with Crippen LogP contribution in [0.1, 0.15) is 5.82 Å². The molecule has 0 aliphatic heterocycles. The summed E-state index contributed by atoms with van der Waals surface area (Å²) in [7, 11) is 0. The molecule has 21 heavy (non-hydrogen) atoms. The number of nitrogens with two attached hydrogens (primary N) is 1. The summed E-state index contributed by atoms with van der Waals surface area (Å²) in [4.78, 5) is 6.23. The van der Waals surface area contributed by atoms with Gasteiger partial charge in [-0.3, -0.25) is 0 Å². The van der Waals surface area contributed by atoms with Crippen LogP contribution in [0.3, 0.4) is 0 Å². The molecule has 0 aliphatic carbocycles. The second kappa shape index (κ2) is 5.64. The highest BCUT2D eigenvalue weighted by molar-refractivity contribution is 9.10. The van der Waals surface area contributed by atoms with Gasteiger partial charge in [0.15, 0.2) is 0 Å². The molecule has 0 saturated carbocycles. The number of anilines is 1. The number of halogens is 6. The summed E-state index contributed by atoms with van der Waals surface area (Å²) in [5, 5.41) is -0.174. The van der Waals surface area contributed by atoms with Gasteiger partial charge in [-0.1, -0.05) is 11.6 Å². The summed E-state index contributed by atoms with van der Waals surface area (Å²) in [6.45, 7) is 0. The van der Waals surface area contributed by atoms with Crippen molar-refractivity contribution in [3.8, 4) is 11.6 Å². The van der Waals surface area contributed by atoms with Gasteiger partial charge in [-0.05, 0) is 22.0 Å². The summed E-state index contributed by atoms with van der Waals surface area (Å²) >= 11 is 8.59. The van der Waals surface area contributed by atoms with Crippen molar-refractivity contribution in [2.75, 3.05) is 5.73 Å². The van der Waals surface area contributed by atoms with Crippen LogP contribution in [0.15, 0.2) is 22.7 Å². The maximum atomic E-state index is 13.3. The molecule has 0 spiro atoms. The summed E-state index contributed by atoms with van der Waals surface area (Å²) in [6, 6.07) is 3.08. The Labute approximate surface area is 129 Å². The number of alkyl halides is 3. The fourth-order valence-electron chi connectivity index (χ4n) is 1.32. The largest absolute Gasteiger partial charge is 0.451 e. The van der Waals surface area contributed by atoms with Crippen LogP contribution in [0.25, 0.3) is 0 Å². The molecular weight excluding hydrogens is 381 g/mol. The molecule has 0 radical (unpaired) electrons. The highest BCUT2D eigenvalue weighted by atomic mass is 79.9. The minimum Gasteiger partial charge on any atom is -0.438 e. The van der Waals surface area contributed by atoms with Crippen LogP contribution in [0.5, 0.6) is 11.6 Å². The molecule has 0 atom stereocenters. The van der Waals surface area contributed by atoms with Gasteiger partial charge in [0.1, 0.15) is 17.4 Å². The van der Waals surface area contributed by atoms with E-state index in [1.165, 1.54) is 6.07 Å². The Bertz CT molecular complexity index is 696. The van der Waals surface area contributed by atoms with Crippen molar-refractivity contribution in [2.24, 2.45) is 0 Å². The third-order valence-electron chi connectivity index (χ3n) is 2.17. The second-order valence-corrected chi connectivity index (χ2v) is 5.01. The van der Waals surface area contributed by atoms with Crippen LogP contribution in [-0.4, -0.2) is 9.97 Å². The Morgan fingerprint density at radius 1 is 1.19 bits per heavy atom. The molecule has 0 aliphatic rings. The summed E-state index contributed by atoms with van der Waals surface area (Å²) in [5.74, 6) is -3.27. The van der Waals surface area contributed by atoms with Crippen molar-refractivity contribution in [1.82, 2.24) is 9.97 Å². The van der Waals surface area contributed by atoms with Crippen molar-refractivity contribution in [1.29, 1.82) is 0 Å². The Morgan fingerprint density at radius 3 is 2.48 bits per heavy atom. The standard InChI is InChI=1S/C11H5BrClF4N3O/c12-4-1-5(13)6(14)2-7(4)21-9-3-8(18)19-10(20-9)11(15,16)17/h1-3H,(H2,18,19,20). The number of rotatable bonds is 2. The van der Waals surface area contributed by atoms with Gasteiger partial charge in [0, 0.05) is 12.1 Å². The normalized spacial score (nSPS) is 11.5. The van der Waals surface area contributed by atoms with Gasteiger partial charge in [0.25, 0.3) is 0 Å². The van der Waals surface area contributed by atoms with Crippen molar-refractivity contribution >= 4 is 33.3 Å². The van der Waals surface area contributed by atoms with E-state index >= 15 is 0 Å². The van der Waals surface area contributed by atoms with Crippen LogP contribution in [-0.2, 0) is 6.18 Å². The van der Waals surface area contributed by atoms with Gasteiger partial charge >= 0.3 is 6.18 Å². The zero-order chi connectivity index (χ0) is 15.8. The number of benzene rings is 1. The molecule has 2 aromatic rings. The average molecular weight is 387 g/mol. The van der Waals surface area contributed by atoms with E-state index in [1.807, 2.05) is 0 Å². The van der Waals surface area contributed by atoms with Crippen LogP contribution in [0, 0.1) is 5.82 Å². The molecule has 2 rings (SSSR count). The molecule has 0 fully saturated rings. The van der Waals surface area contributed by atoms with Crippen molar-refractivity contribution < 1.29 is 22.3 Å². The van der Waals surface area contributed by atoms with Gasteiger partial charge in [-0.25, -0.2) is 9.37 Å². The number of hydrogen-bond donors (Lipinski definition) is 1. The van der Waals surface area contributed by atoms with Crippen LogP contribution >= 0.6 is 27.5 Å². The molecule has 112 valence electrons. The number of aromatic nitrogens is 2. The van der Waals surface area contributed by atoms with E-state index in [-0.39, 0.29) is 15.2 Å². The zero-order valence-corrected chi connectivity index (χ0v) is 12.2. The van der Waals surface area contributed by atoms with Gasteiger partial charge in [0.05, 0.1) is 9.50 Å². The molecule has 2 N–H and O–H groups in total. The third kappa shape index (κ3) is 3.73. The van der Waals surface area contributed by atoms with E-state index in [2.05, 4.69) is 25.9 Å². The van der Waals surface area contributed by atoms with Gasteiger partial charge in [-0.15, -0.1) is 0 Å². The monoisotopic (exact) mass is 385 g/mol. The predicted octanol–water partition coefficient (Wildman–Crippen LogP) is 4.42. The molecular formula is C11H5BrClF4N3O. The zero-order valence-electron chi connectivity index (χ0n) is 9.88. The Hall–Kier alpha value is -1.61. The van der Waals surface area contributed by atoms with Crippen LogP contribution < -0.4 is 10.5 Å². The smallest absolute Gasteiger partial charge is 0.438 e. The third-order valence-corrected chi connectivity index (χ3v) is 3.07. The van der Waals surface area contributed by atoms with E-state index in [0.717, 1.165) is 12.1 Å². The summed E-state index contributed by atoms with van der Waals surface area (Å²) in [6.07, 6.45) is -4.78. The molecule has 0 bridgehead atoms. The first kappa shape index (κ1) is 15.8. The molecule has 1 aromatic heterocycles.